The van der Waals surface area contributed by atoms with Crippen LogP contribution in [0.5, 0.6) is 11.5 Å². The average Bonchev–Trinajstić information content (AvgIpc) is 3.17. The van der Waals surface area contributed by atoms with Gasteiger partial charge in [0.15, 0.2) is 5.82 Å². The first kappa shape index (κ1) is 22.0. The minimum absolute atomic E-state index is 0.0694. The van der Waals surface area contributed by atoms with Crippen LogP contribution in [0.1, 0.15) is 36.7 Å². The van der Waals surface area contributed by atoms with Gasteiger partial charge in [-0.3, -0.25) is 4.79 Å². The number of imidazole rings is 1. The fraction of sp³-hybridized carbons (Fsp3) is 0.240. The van der Waals surface area contributed by atoms with Crippen LogP contribution in [0.15, 0.2) is 36.4 Å². The van der Waals surface area contributed by atoms with Crippen molar-refractivity contribution in [3.8, 4) is 23.8 Å². The van der Waals surface area contributed by atoms with Crippen molar-refractivity contribution in [3.05, 3.63) is 53.3 Å². The lowest BCUT2D eigenvalue weighted by atomic mass is 10.1. The summed E-state index contributed by atoms with van der Waals surface area (Å²) in [5, 5.41) is 23.8. The number of hydrogen-bond donors (Lipinski definition) is 4. The number of rotatable bonds is 7. The van der Waals surface area contributed by atoms with Crippen molar-refractivity contribution in [1.82, 2.24) is 19.9 Å². The SMILES string of the molecule is C#CC(=O)NCc1ccc2nc(N)c3nc(CCCC)n(Cc4cc(O)ccc4O)c3c2c1. The molecule has 4 rings (SSSR count). The maximum absolute atomic E-state index is 11.5. The number of fused-ring (bicyclic) bond motifs is 3. The van der Waals surface area contributed by atoms with Crippen LogP contribution in [0.25, 0.3) is 21.9 Å². The van der Waals surface area contributed by atoms with Gasteiger partial charge in [0, 0.05) is 23.9 Å². The molecule has 0 fully saturated rings. The molecule has 1 amide bonds. The molecule has 0 aliphatic rings. The number of pyridine rings is 1. The molecule has 0 aliphatic heterocycles. The van der Waals surface area contributed by atoms with Gasteiger partial charge in [-0.2, -0.15) is 0 Å². The number of hydrogen-bond acceptors (Lipinski definition) is 6. The number of anilines is 1. The Kier molecular flexibility index (Phi) is 6.05. The van der Waals surface area contributed by atoms with Gasteiger partial charge in [-0.05, 0) is 48.2 Å². The summed E-state index contributed by atoms with van der Waals surface area (Å²) in [6.45, 7) is 2.68. The number of aromatic hydroxyl groups is 2. The van der Waals surface area contributed by atoms with Crippen molar-refractivity contribution in [1.29, 1.82) is 0 Å². The van der Waals surface area contributed by atoms with Gasteiger partial charge >= 0.3 is 0 Å². The second-order valence-electron chi connectivity index (χ2n) is 7.90. The molecule has 2 aromatic heterocycles. The van der Waals surface area contributed by atoms with Crippen LogP contribution in [-0.4, -0.2) is 30.7 Å². The molecular weight excluding hydrogens is 418 g/mol. The number of carbonyl (C=O) groups excluding carboxylic acids is 1. The van der Waals surface area contributed by atoms with Gasteiger partial charge in [0.2, 0.25) is 0 Å². The van der Waals surface area contributed by atoms with Crippen molar-refractivity contribution in [2.45, 2.75) is 39.3 Å². The molecule has 4 aromatic rings. The Morgan fingerprint density at radius 2 is 2.03 bits per heavy atom. The van der Waals surface area contributed by atoms with E-state index in [1.54, 1.807) is 0 Å². The monoisotopic (exact) mass is 443 g/mol. The smallest absolute Gasteiger partial charge is 0.295 e. The number of phenols is 2. The third-order valence-electron chi connectivity index (χ3n) is 5.58. The minimum Gasteiger partial charge on any atom is -0.508 e. The van der Waals surface area contributed by atoms with E-state index < -0.39 is 5.91 Å². The Morgan fingerprint density at radius 3 is 2.79 bits per heavy atom. The highest BCUT2D eigenvalue weighted by atomic mass is 16.3. The number of nitrogens with zero attached hydrogens (tertiary/aromatic N) is 3. The summed E-state index contributed by atoms with van der Waals surface area (Å²) in [6, 6.07) is 10.1. The number of aromatic nitrogens is 3. The van der Waals surface area contributed by atoms with Crippen LogP contribution in [-0.2, 0) is 24.3 Å². The summed E-state index contributed by atoms with van der Waals surface area (Å²) in [5.74, 6) is 2.85. The predicted octanol–water partition coefficient (Wildman–Crippen LogP) is 3.22. The maximum atomic E-state index is 11.5. The molecule has 2 aromatic carbocycles. The molecule has 0 saturated heterocycles. The van der Waals surface area contributed by atoms with E-state index in [4.69, 9.17) is 17.1 Å². The second-order valence-corrected chi connectivity index (χ2v) is 7.90. The number of carbonyl (C=O) groups is 1. The van der Waals surface area contributed by atoms with Crippen molar-refractivity contribution in [3.63, 3.8) is 0 Å². The van der Waals surface area contributed by atoms with Crippen LogP contribution >= 0.6 is 0 Å². The number of nitrogens with one attached hydrogen (secondary N) is 1. The number of phenolic OH excluding ortho intramolecular Hbond substituents is 2. The van der Waals surface area contributed by atoms with Crippen LogP contribution in [0.4, 0.5) is 5.82 Å². The number of aryl methyl sites for hydroxylation is 1. The van der Waals surface area contributed by atoms with Gasteiger partial charge in [-0.1, -0.05) is 19.4 Å². The number of nitrogen functional groups attached to an aromatic ring is 1. The zero-order valence-corrected chi connectivity index (χ0v) is 18.3. The molecular formula is C25H25N5O3. The molecule has 0 aliphatic carbocycles. The van der Waals surface area contributed by atoms with E-state index in [1.165, 1.54) is 18.2 Å². The normalized spacial score (nSPS) is 11.0. The average molecular weight is 444 g/mol. The van der Waals surface area contributed by atoms with Crippen molar-refractivity contribution < 1.29 is 15.0 Å². The van der Waals surface area contributed by atoms with Gasteiger partial charge in [0.05, 0.1) is 17.6 Å². The van der Waals surface area contributed by atoms with Crippen LogP contribution < -0.4 is 11.1 Å². The first-order chi connectivity index (χ1) is 15.9. The summed E-state index contributed by atoms with van der Waals surface area (Å²) < 4.78 is 2.02. The van der Waals surface area contributed by atoms with Gasteiger partial charge in [0.1, 0.15) is 22.8 Å². The highest BCUT2D eigenvalue weighted by molar-refractivity contribution is 6.07. The maximum Gasteiger partial charge on any atom is 0.295 e. The molecule has 8 nitrogen and oxygen atoms in total. The van der Waals surface area contributed by atoms with E-state index in [0.29, 0.717) is 29.0 Å². The molecule has 0 spiro atoms. The Bertz CT molecular complexity index is 1400. The first-order valence-corrected chi connectivity index (χ1v) is 10.7. The molecule has 5 N–H and O–H groups in total. The first-order valence-electron chi connectivity index (χ1n) is 10.7. The Labute approximate surface area is 191 Å². The van der Waals surface area contributed by atoms with Crippen molar-refractivity contribution in [2.75, 3.05) is 5.73 Å². The molecule has 0 saturated carbocycles. The molecule has 168 valence electrons. The molecule has 8 heteroatoms. The van der Waals surface area contributed by atoms with Gasteiger partial charge in [0.25, 0.3) is 5.91 Å². The Hall–Kier alpha value is -4.25. The Morgan fingerprint density at radius 1 is 1.21 bits per heavy atom. The number of terminal acetylenes is 1. The van der Waals surface area contributed by atoms with Crippen LogP contribution in [0, 0.1) is 12.3 Å². The third-order valence-corrected chi connectivity index (χ3v) is 5.58. The summed E-state index contributed by atoms with van der Waals surface area (Å²) in [7, 11) is 0. The number of benzene rings is 2. The fourth-order valence-electron chi connectivity index (χ4n) is 3.91. The quantitative estimate of drug-likeness (QED) is 0.257. The lowest BCUT2D eigenvalue weighted by molar-refractivity contribution is -0.115. The van der Waals surface area contributed by atoms with Crippen molar-refractivity contribution in [2.24, 2.45) is 0 Å². The number of nitrogens with two attached hydrogens (primary N) is 1. The molecule has 0 unspecified atom stereocenters. The van der Waals surface area contributed by atoms with Gasteiger partial charge in [-0.15, -0.1) is 6.42 Å². The van der Waals surface area contributed by atoms with Gasteiger partial charge < -0.3 is 25.8 Å². The summed E-state index contributed by atoms with van der Waals surface area (Å²) in [5.41, 5.74) is 9.75. The highest BCUT2D eigenvalue weighted by Crippen LogP contribution is 2.32. The predicted molar refractivity (Wildman–Crippen MR) is 128 cm³/mol. The zero-order valence-electron chi connectivity index (χ0n) is 18.3. The fourth-order valence-corrected chi connectivity index (χ4v) is 3.91. The zero-order chi connectivity index (χ0) is 23.5. The second kappa shape index (κ2) is 9.09. The van der Waals surface area contributed by atoms with Crippen molar-refractivity contribution >= 4 is 33.7 Å². The lowest BCUT2D eigenvalue weighted by Gasteiger charge is -2.13. The summed E-state index contributed by atoms with van der Waals surface area (Å²) >= 11 is 0. The molecule has 0 atom stereocenters. The topological polar surface area (TPSA) is 126 Å². The van der Waals surface area contributed by atoms with E-state index in [-0.39, 0.29) is 18.0 Å². The Balaban J connectivity index is 1.92. The molecule has 2 heterocycles. The molecule has 0 bridgehead atoms. The number of unbranched alkanes of at least 4 members (excludes halogenated alkanes) is 1. The summed E-state index contributed by atoms with van der Waals surface area (Å²) in [6.07, 6.45) is 7.80. The lowest BCUT2D eigenvalue weighted by Crippen LogP contribution is -2.20. The van der Waals surface area contributed by atoms with E-state index in [0.717, 1.165) is 41.6 Å². The minimum atomic E-state index is -0.484. The van der Waals surface area contributed by atoms with Gasteiger partial charge in [-0.25, -0.2) is 9.97 Å². The molecule has 0 radical (unpaired) electrons. The van der Waals surface area contributed by atoms with E-state index >= 15 is 0 Å². The third kappa shape index (κ3) is 4.39. The van der Waals surface area contributed by atoms with E-state index in [2.05, 4.69) is 17.2 Å². The molecule has 33 heavy (non-hydrogen) atoms. The highest BCUT2D eigenvalue weighted by Gasteiger charge is 2.19. The largest absolute Gasteiger partial charge is 0.508 e. The number of amides is 1. The van der Waals surface area contributed by atoms with E-state index in [1.807, 2.05) is 28.7 Å². The van der Waals surface area contributed by atoms with E-state index in [9.17, 15) is 15.0 Å². The standard InChI is InChI=1S/C25H25N5O3/c1-3-5-6-21-29-23-24(30(21)14-16-12-17(31)8-10-20(16)32)18-11-15(13-27-22(33)4-2)7-9-19(18)28-25(23)26/h2,7-12,31-32H,3,5-6,13-14H2,1H3,(H2,26,28)(H,27,33). The van der Waals surface area contributed by atoms with Crippen LogP contribution in [0.2, 0.25) is 0 Å². The summed E-state index contributed by atoms with van der Waals surface area (Å²) in [4.78, 5) is 20.8. The van der Waals surface area contributed by atoms with Crippen LogP contribution in [0.3, 0.4) is 0 Å².